The van der Waals surface area contributed by atoms with Crippen LogP contribution in [0, 0.1) is 0 Å². The van der Waals surface area contributed by atoms with Crippen molar-refractivity contribution in [2.24, 2.45) is 0 Å². The topological polar surface area (TPSA) is 34.0 Å². The van der Waals surface area contributed by atoms with Crippen LogP contribution in [0.2, 0.25) is 0 Å². The molecule has 0 amide bonds. The lowest BCUT2D eigenvalue weighted by molar-refractivity contribution is 0.683. The Labute approximate surface area is 128 Å². The Balaban J connectivity index is 1.95. The molecular weight excluding hydrogens is 272 g/mol. The molecule has 3 aromatic carbocycles. The third-order valence-electron chi connectivity index (χ3n) is 3.53. The fourth-order valence-electron chi connectivity index (χ4n) is 2.51. The molecule has 1 aromatic heterocycles. The molecule has 0 fully saturated rings. The van der Waals surface area contributed by atoms with Crippen molar-refractivity contribution in [3.05, 3.63) is 84.9 Å². The number of fused-ring (bicyclic) bond motifs is 1. The van der Waals surface area contributed by atoms with E-state index in [2.05, 4.69) is 39.6 Å². The van der Waals surface area contributed by atoms with Crippen molar-refractivity contribution >= 4 is 22.4 Å². The van der Waals surface area contributed by atoms with Crippen LogP contribution in [0.1, 0.15) is 0 Å². The second kappa shape index (κ2) is 5.33. The van der Waals surface area contributed by atoms with E-state index in [-0.39, 0.29) is 0 Å². The first-order chi connectivity index (χ1) is 10.9. The molecule has 0 atom stereocenters. The molecule has 0 bridgehead atoms. The molecule has 0 aliphatic rings. The summed E-state index contributed by atoms with van der Waals surface area (Å²) in [5.74, 6) is 0. The SMILES string of the molecule is c1ccc(N(c2ccccc2)n2nnc3ccccc32)cc1. The average molecular weight is 286 g/mol. The fraction of sp³-hybridized carbons (Fsp3) is 0. The van der Waals surface area contributed by atoms with Gasteiger partial charge < -0.3 is 0 Å². The number of rotatable bonds is 3. The van der Waals surface area contributed by atoms with E-state index in [1.807, 2.05) is 65.5 Å². The number of hydrogen-bond donors (Lipinski definition) is 0. The van der Waals surface area contributed by atoms with Gasteiger partial charge in [0.2, 0.25) is 0 Å². The molecule has 0 unspecified atom stereocenters. The first-order valence-corrected chi connectivity index (χ1v) is 7.14. The molecule has 106 valence electrons. The van der Waals surface area contributed by atoms with E-state index in [0.29, 0.717) is 0 Å². The van der Waals surface area contributed by atoms with Crippen molar-refractivity contribution in [2.45, 2.75) is 0 Å². The molecule has 0 aliphatic heterocycles. The molecule has 4 nitrogen and oxygen atoms in total. The first kappa shape index (κ1) is 12.6. The van der Waals surface area contributed by atoms with Gasteiger partial charge in [-0.15, -0.1) is 9.89 Å². The van der Waals surface area contributed by atoms with Crippen LogP contribution in [-0.2, 0) is 0 Å². The predicted molar refractivity (Wildman–Crippen MR) is 87.9 cm³/mol. The van der Waals surface area contributed by atoms with E-state index in [1.54, 1.807) is 0 Å². The number of aromatic nitrogens is 3. The molecule has 1 heterocycles. The zero-order valence-electron chi connectivity index (χ0n) is 11.9. The summed E-state index contributed by atoms with van der Waals surface area (Å²) in [5.41, 5.74) is 3.91. The molecule has 0 N–H and O–H groups in total. The number of benzene rings is 3. The van der Waals surface area contributed by atoms with Crippen molar-refractivity contribution in [3.8, 4) is 0 Å². The van der Waals surface area contributed by atoms with Gasteiger partial charge in [0.25, 0.3) is 0 Å². The fourth-order valence-corrected chi connectivity index (χ4v) is 2.51. The molecule has 4 rings (SSSR count). The van der Waals surface area contributed by atoms with Gasteiger partial charge in [-0.25, -0.2) is 5.01 Å². The van der Waals surface area contributed by atoms with Crippen LogP contribution < -0.4 is 5.01 Å². The van der Waals surface area contributed by atoms with Crippen molar-refractivity contribution in [1.82, 2.24) is 15.1 Å². The van der Waals surface area contributed by atoms with Gasteiger partial charge >= 0.3 is 0 Å². The molecule has 0 aliphatic carbocycles. The lowest BCUT2D eigenvalue weighted by atomic mass is 10.2. The Morgan fingerprint density at radius 3 is 1.82 bits per heavy atom. The van der Waals surface area contributed by atoms with Crippen molar-refractivity contribution in [1.29, 1.82) is 0 Å². The number of nitrogens with zero attached hydrogens (tertiary/aromatic N) is 4. The molecule has 0 saturated heterocycles. The maximum Gasteiger partial charge on any atom is 0.115 e. The normalized spacial score (nSPS) is 10.7. The lowest BCUT2D eigenvalue weighted by Gasteiger charge is -2.24. The smallest absolute Gasteiger partial charge is 0.115 e. The zero-order valence-corrected chi connectivity index (χ0v) is 11.9. The maximum absolute atomic E-state index is 4.34. The zero-order chi connectivity index (χ0) is 14.8. The van der Waals surface area contributed by atoms with E-state index >= 15 is 0 Å². The van der Waals surface area contributed by atoms with Crippen LogP contribution in [-0.4, -0.2) is 15.1 Å². The lowest BCUT2D eigenvalue weighted by Crippen LogP contribution is -2.25. The van der Waals surface area contributed by atoms with Crippen LogP contribution in [0.25, 0.3) is 11.0 Å². The quantitative estimate of drug-likeness (QED) is 0.570. The van der Waals surface area contributed by atoms with E-state index in [4.69, 9.17) is 0 Å². The minimum absolute atomic E-state index is 0.874. The Morgan fingerprint density at radius 1 is 0.636 bits per heavy atom. The summed E-state index contributed by atoms with van der Waals surface area (Å²) in [6, 6.07) is 28.3. The first-order valence-electron chi connectivity index (χ1n) is 7.14. The van der Waals surface area contributed by atoms with Crippen molar-refractivity contribution < 1.29 is 0 Å². The highest BCUT2D eigenvalue weighted by molar-refractivity contribution is 5.76. The van der Waals surface area contributed by atoms with Gasteiger partial charge in [0.05, 0.1) is 11.4 Å². The average Bonchev–Trinajstić information content (AvgIpc) is 3.01. The van der Waals surface area contributed by atoms with Crippen LogP contribution in [0.5, 0.6) is 0 Å². The molecule has 0 spiro atoms. The van der Waals surface area contributed by atoms with Gasteiger partial charge in [-0.3, -0.25) is 0 Å². The van der Waals surface area contributed by atoms with Crippen LogP contribution >= 0.6 is 0 Å². The van der Waals surface area contributed by atoms with Crippen molar-refractivity contribution in [2.75, 3.05) is 5.01 Å². The largest absolute Gasteiger partial charge is 0.232 e. The summed E-state index contributed by atoms with van der Waals surface area (Å²) in [6.45, 7) is 0. The Kier molecular flexibility index (Phi) is 3.05. The second-order valence-corrected chi connectivity index (χ2v) is 4.95. The highest BCUT2D eigenvalue weighted by Gasteiger charge is 2.15. The molecular formula is C18H14N4. The maximum atomic E-state index is 4.34. The molecule has 4 aromatic rings. The van der Waals surface area contributed by atoms with E-state index in [9.17, 15) is 0 Å². The van der Waals surface area contributed by atoms with E-state index < -0.39 is 0 Å². The number of hydrogen-bond acceptors (Lipinski definition) is 3. The Bertz CT molecular complexity index is 845. The second-order valence-electron chi connectivity index (χ2n) is 4.95. The minimum Gasteiger partial charge on any atom is -0.232 e. The highest BCUT2D eigenvalue weighted by Crippen LogP contribution is 2.27. The predicted octanol–water partition coefficient (Wildman–Crippen LogP) is 4.03. The third-order valence-corrected chi connectivity index (χ3v) is 3.53. The van der Waals surface area contributed by atoms with Gasteiger partial charge in [0.1, 0.15) is 11.0 Å². The van der Waals surface area contributed by atoms with Gasteiger partial charge in [0, 0.05) is 0 Å². The van der Waals surface area contributed by atoms with Gasteiger partial charge in [-0.1, -0.05) is 48.5 Å². The van der Waals surface area contributed by atoms with Gasteiger partial charge in [0.15, 0.2) is 0 Å². The molecule has 0 saturated carbocycles. The Morgan fingerprint density at radius 2 is 1.18 bits per heavy atom. The molecule has 22 heavy (non-hydrogen) atoms. The Hall–Kier alpha value is -3.14. The summed E-state index contributed by atoms with van der Waals surface area (Å²) in [4.78, 5) is 1.83. The van der Waals surface area contributed by atoms with Crippen LogP contribution in [0.3, 0.4) is 0 Å². The van der Waals surface area contributed by atoms with E-state index in [1.165, 1.54) is 0 Å². The molecule has 0 radical (unpaired) electrons. The summed E-state index contributed by atoms with van der Waals surface area (Å²) in [7, 11) is 0. The molecule has 4 heteroatoms. The van der Waals surface area contributed by atoms with E-state index in [0.717, 1.165) is 22.4 Å². The van der Waals surface area contributed by atoms with Crippen molar-refractivity contribution in [3.63, 3.8) is 0 Å². The van der Waals surface area contributed by atoms with Gasteiger partial charge in [-0.05, 0) is 41.6 Å². The van der Waals surface area contributed by atoms with Crippen LogP contribution in [0.4, 0.5) is 11.4 Å². The summed E-state index contributed by atoms with van der Waals surface area (Å²) < 4.78 is 0. The summed E-state index contributed by atoms with van der Waals surface area (Å²) >= 11 is 0. The monoisotopic (exact) mass is 286 g/mol. The number of para-hydroxylation sites is 3. The summed E-state index contributed by atoms with van der Waals surface area (Å²) in [5, 5.41) is 10.7. The van der Waals surface area contributed by atoms with Crippen LogP contribution in [0.15, 0.2) is 84.9 Å². The minimum atomic E-state index is 0.874. The highest BCUT2D eigenvalue weighted by atomic mass is 15.7. The summed E-state index contributed by atoms with van der Waals surface area (Å²) in [6.07, 6.45) is 0. The third kappa shape index (κ3) is 2.11. The number of anilines is 2. The van der Waals surface area contributed by atoms with Gasteiger partial charge in [-0.2, -0.15) is 0 Å². The standard InChI is InChI=1S/C18H14N4/c1-3-9-15(10-4-1)21(16-11-5-2-6-12-16)22-18-14-8-7-13-17(18)19-20-22/h1-14H.